The second-order valence-electron chi connectivity index (χ2n) is 7.39. The van der Waals surface area contributed by atoms with Crippen LogP contribution in [0.1, 0.15) is 37.3 Å². The highest BCUT2D eigenvalue weighted by molar-refractivity contribution is 9.09. The third-order valence-corrected chi connectivity index (χ3v) is 6.84. The first kappa shape index (κ1) is 23.6. The smallest absolute Gasteiger partial charge is 0.416 e. The maximum Gasteiger partial charge on any atom is 0.416 e. The van der Waals surface area contributed by atoms with Gasteiger partial charge in [0.2, 0.25) is 0 Å². The van der Waals surface area contributed by atoms with Gasteiger partial charge in [-0.05, 0) is 25.0 Å². The number of alkyl halides is 5. The van der Waals surface area contributed by atoms with Crippen LogP contribution < -0.4 is 5.32 Å². The maximum atomic E-state index is 13.9. The van der Waals surface area contributed by atoms with Crippen LogP contribution in [-0.2, 0) is 15.8 Å². The van der Waals surface area contributed by atoms with E-state index in [0.29, 0.717) is 0 Å². The Bertz CT molecular complexity index is 790. The van der Waals surface area contributed by atoms with E-state index in [4.69, 9.17) is 0 Å². The van der Waals surface area contributed by atoms with E-state index >= 15 is 0 Å². The summed E-state index contributed by atoms with van der Waals surface area (Å²) < 4.78 is 55.2. The van der Waals surface area contributed by atoms with Crippen molar-refractivity contribution in [2.45, 2.75) is 44.4 Å². The van der Waals surface area contributed by atoms with Gasteiger partial charge in [-0.1, -0.05) is 41.1 Å². The molecule has 1 aliphatic heterocycles. The Hall–Kier alpha value is -1.68. The van der Waals surface area contributed by atoms with Crippen molar-refractivity contribution in [2.75, 3.05) is 12.0 Å². The first-order chi connectivity index (χ1) is 13.4. The number of nitrogens with one attached hydrogen (secondary N) is 1. The Balaban J connectivity index is 2.99. The molecule has 3 N–H and O–H groups in total. The Morgan fingerprint density at radius 3 is 2.17 bits per heavy atom. The molecule has 0 radical (unpaired) electrons. The lowest BCUT2D eigenvalue weighted by molar-refractivity contribution is -0.173. The molecule has 1 aromatic rings. The molecule has 0 spiro atoms. The van der Waals surface area contributed by atoms with Crippen LogP contribution in [0.5, 0.6) is 0 Å². The van der Waals surface area contributed by atoms with Crippen molar-refractivity contribution in [1.29, 1.82) is 0 Å². The molecule has 5 atom stereocenters. The van der Waals surface area contributed by atoms with Gasteiger partial charge in [-0.25, -0.2) is 4.39 Å². The number of carboxylic acid groups (broad SMARTS) is 2. The monoisotopic (exact) mass is 483 g/mol. The molecule has 162 valence electrons. The van der Waals surface area contributed by atoms with Crippen LogP contribution in [0.25, 0.3) is 0 Å². The highest BCUT2D eigenvalue weighted by Gasteiger charge is 2.67. The molecule has 0 amide bonds. The zero-order chi connectivity index (χ0) is 22.2. The van der Waals surface area contributed by atoms with Crippen LogP contribution in [0.3, 0.4) is 0 Å². The zero-order valence-electron chi connectivity index (χ0n) is 15.8. The topological polar surface area (TPSA) is 86.6 Å². The molecule has 1 saturated heterocycles. The summed E-state index contributed by atoms with van der Waals surface area (Å²) in [7, 11) is 0. The summed E-state index contributed by atoms with van der Waals surface area (Å²) in [4.78, 5) is 24.8. The number of hydrogen-bond donors (Lipinski definition) is 3. The Labute approximate surface area is 173 Å². The van der Waals surface area contributed by atoms with Gasteiger partial charge < -0.3 is 15.5 Å². The van der Waals surface area contributed by atoms with Crippen LogP contribution >= 0.6 is 15.9 Å². The third kappa shape index (κ3) is 3.54. The summed E-state index contributed by atoms with van der Waals surface area (Å²) in [6.07, 6.45) is -5.00. The van der Waals surface area contributed by atoms with Crippen LogP contribution in [0.2, 0.25) is 0 Å². The number of aliphatic carboxylic acids is 2. The molecule has 0 aliphatic carbocycles. The van der Waals surface area contributed by atoms with E-state index in [-0.39, 0.29) is 11.8 Å². The fourth-order valence-corrected chi connectivity index (χ4v) is 5.41. The lowest BCUT2D eigenvalue weighted by Crippen LogP contribution is -2.71. The van der Waals surface area contributed by atoms with Crippen molar-refractivity contribution in [3.8, 4) is 0 Å². The number of carboxylic acids is 2. The Morgan fingerprint density at radius 1 is 1.17 bits per heavy atom. The van der Waals surface area contributed by atoms with Gasteiger partial charge in [0.1, 0.15) is 6.67 Å². The lowest BCUT2D eigenvalue weighted by atomic mass is 9.51. The van der Waals surface area contributed by atoms with Crippen molar-refractivity contribution in [2.24, 2.45) is 10.8 Å². The molecule has 1 fully saturated rings. The molecule has 29 heavy (non-hydrogen) atoms. The predicted molar refractivity (Wildman–Crippen MR) is 101 cm³/mol. The molecule has 2 rings (SSSR count). The standard InChI is InChI=1S/C19H22BrF4NO4/c1-3-18(16(28)29)12(8-20)25-13(9-21)17(2,15(26)27)14(18)10-6-4-5-7-11(10)19(22,23)24/h4-7,12-14,25H,3,8-9H2,1-2H3,(H,26,27)(H,28,29). The maximum absolute atomic E-state index is 13.9. The van der Waals surface area contributed by atoms with E-state index in [1.807, 2.05) is 0 Å². The fourth-order valence-electron chi connectivity index (χ4n) is 4.64. The van der Waals surface area contributed by atoms with Crippen LogP contribution in [0.15, 0.2) is 24.3 Å². The zero-order valence-corrected chi connectivity index (χ0v) is 17.3. The quantitative estimate of drug-likeness (QED) is 0.419. The average Bonchev–Trinajstić information content (AvgIpc) is 2.66. The predicted octanol–water partition coefficient (Wildman–Crippen LogP) is 4.07. The van der Waals surface area contributed by atoms with Crippen molar-refractivity contribution < 1.29 is 37.4 Å². The molecule has 1 aliphatic rings. The highest BCUT2D eigenvalue weighted by atomic mass is 79.9. The molecular weight excluding hydrogens is 462 g/mol. The van der Waals surface area contributed by atoms with Crippen molar-refractivity contribution >= 4 is 27.9 Å². The van der Waals surface area contributed by atoms with Crippen LogP contribution in [0, 0.1) is 10.8 Å². The average molecular weight is 484 g/mol. The van der Waals surface area contributed by atoms with E-state index < -0.39 is 64.7 Å². The molecule has 5 unspecified atom stereocenters. The second-order valence-corrected chi connectivity index (χ2v) is 8.03. The minimum absolute atomic E-state index is 0.00990. The molecular formula is C19H22BrF4NO4. The first-order valence-corrected chi connectivity index (χ1v) is 10.1. The van der Waals surface area contributed by atoms with Crippen molar-refractivity contribution in [3.05, 3.63) is 35.4 Å². The van der Waals surface area contributed by atoms with Gasteiger partial charge in [0.15, 0.2) is 0 Å². The molecule has 0 bridgehead atoms. The third-order valence-electron chi connectivity index (χ3n) is 6.19. The SMILES string of the molecule is CCC1(C(=O)O)C(CBr)NC(CF)C(C)(C(=O)O)C1c1ccccc1C(F)(F)F. The van der Waals surface area contributed by atoms with Crippen molar-refractivity contribution in [3.63, 3.8) is 0 Å². The van der Waals surface area contributed by atoms with Gasteiger partial charge in [0.05, 0.1) is 22.4 Å². The van der Waals surface area contributed by atoms with Gasteiger partial charge in [-0.2, -0.15) is 13.2 Å². The van der Waals surface area contributed by atoms with E-state index in [9.17, 15) is 37.4 Å². The van der Waals surface area contributed by atoms with E-state index in [0.717, 1.165) is 25.1 Å². The highest BCUT2D eigenvalue weighted by Crippen LogP contribution is 2.58. The van der Waals surface area contributed by atoms with Gasteiger partial charge in [0.25, 0.3) is 0 Å². The number of halogens is 5. The van der Waals surface area contributed by atoms with Crippen LogP contribution in [0.4, 0.5) is 17.6 Å². The normalized spacial score (nSPS) is 32.7. The first-order valence-electron chi connectivity index (χ1n) is 8.93. The fraction of sp³-hybridized carbons (Fsp3) is 0.579. The minimum atomic E-state index is -4.84. The van der Waals surface area contributed by atoms with Crippen molar-refractivity contribution in [1.82, 2.24) is 5.32 Å². The minimum Gasteiger partial charge on any atom is -0.481 e. The molecule has 5 nitrogen and oxygen atoms in total. The number of benzene rings is 1. The van der Waals surface area contributed by atoms with E-state index in [1.165, 1.54) is 13.0 Å². The van der Waals surface area contributed by atoms with E-state index in [1.54, 1.807) is 0 Å². The summed E-state index contributed by atoms with van der Waals surface area (Å²) in [5.74, 6) is -4.65. The number of hydrogen-bond acceptors (Lipinski definition) is 3. The molecule has 0 aromatic heterocycles. The van der Waals surface area contributed by atoms with E-state index in [2.05, 4.69) is 21.2 Å². The molecule has 1 heterocycles. The second kappa shape index (κ2) is 8.22. The Morgan fingerprint density at radius 2 is 1.76 bits per heavy atom. The van der Waals surface area contributed by atoms with Gasteiger partial charge in [0, 0.05) is 17.3 Å². The summed E-state index contributed by atoms with van der Waals surface area (Å²) in [5, 5.41) is 22.9. The summed E-state index contributed by atoms with van der Waals surface area (Å²) in [6.45, 7) is 1.41. The van der Waals surface area contributed by atoms with Gasteiger partial charge in [-0.3, -0.25) is 9.59 Å². The van der Waals surface area contributed by atoms with Gasteiger partial charge in [-0.15, -0.1) is 0 Å². The van der Waals surface area contributed by atoms with Crippen LogP contribution in [-0.4, -0.2) is 46.2 Å². The molecule has 10 heteroatoms. The Kier molecular flexibility index (Phi) is 6.69. The summed E-state index contributed by atoms with van der Waals surface area (Å²) in [5.41, 5.74) is -5.66. The number of carbonyl (C=O) groups is 2. The number of rotatable bonds is 6. The largest absolute Gasteiger partial charge is 0.481 e. The molecule has 0 saturated carbocycles. The van der Waals surface area contributed by atoms with Gasteiger partial charge >= 0.3 is 18.1 Å². The lowest BCUT2D eigenvalue weighted by Gasteiger charge is -2.56. The summed E-state index contributed by atoms with van der Waals surface area (Å²) in [6, 6.07) is 1.94. The summed E-state index contributed by atoms with van der Waals surface area (Å²) >= 11 is 3.17. The molecule has 1 aromatic carbocycles. The number of piperidine rings is 1.